The molecule has 2 N–H and O–H groups in total. The smallest absolute Gasteiger partial charge is 0.239 e. The van der Waals surface area contributed by atoms with Crippen LogP contribution in [0.15, 0.2) is 22.7 Å². The van der Waals surface area contributed by atoms with Crippen molar-refractivity contribution in [3.05, 3.63) is 28.2 Å². The molecule has 0 fully saturated rings. The Morgan fingerprint density at radius 1 is 1.44 bits per heavy atom. The highest BCUT2D eigenvalue weighted by atomic mass is 79.9. The van der Waals surface area contributed by atoms with E-state index in [9.17, 15) is 4.79 Å². The lowest BCUT2D eigenvalue weighted by Gasteiger charge is -2.10. The molecule has 0 spiro atoms. The summed E-state index contributed by atoms with van der Waals surface area (Å²) in [5.74, 6) is -0.00609. The van der Waals surface area contributed by atoms with Gasteiger partial charge in [-0.05, 0) is 37.1 Å². The SMILES string of the molecule is COCCCNC(=O)CNc1ccc(Br)cc1C. The van der Waals surface area contributed by atoms with E-state index in [2.05, 4.69) is 26.6 Å². The van der Waals surface area contributed by atoms with Gasteiger partial charge in [-0.25, -0.2) is 0 Å². The molecule has 5 heteroatoms. The lowest BCUT2D eigenvalue weighted by atomic mass is 10.2. The van der Waals surface area contributed by atoms with E-state index in [1.54, 1.807) is 7.11 Å². The van der Waals surface area contributed by atoms with Crippen molar-refractivity contribution in [1.29, 1.82) is 0 Å². The van der Waals surface area contributed by atoms with Crippen LogP contribution in [0.2, 0.25) is 0 Å². The van der Waals surface area contributed by atoms with Crippen LogP contribution in [-0.4, -0.2) is 32.7 Å². The summed E-state index contributed by atoms with van der Waals surface area (Å²) in [6, 6.07) is 5.92. The molecule has 0 atom stereocenters. The number of halogens is 1. The van der Waals surface area contributed by atoms with Crippen LogP contribution in [0.1, 0.15) is 12.0 Å². The number of hydrogen-bond acceptors (Lipinski definition) is 3. The molecular weight excluding hydrogens is 296 g/mol. The predicted octanol–water partition coefficient (Wildman–Crippen LogP) is 2.32. The van der Waals surface area contributed by atoms with Crippen molar-refractivity contribution < 1.29 is 9.53 Å². The zero-order chi connectivity index (χ0) is 13.4. The molecule has 0 heterocycles. The monoisotopic (exact) mass is 314 g/mol. The Morgan fingerprint density at radius 2 is 2.22 bits per heavy atom. The van der Waals surface area contributed by atoms with Crippen molar-refractivity contribution >= 4 is 27.5 Å². The normalized spacial score (nSPS) is 10.2. The highest BCUT2D eigenvalue weighted by molar-refractivity contribution is 9.10. The van der Waals surface area contributed by atoms with Gasteiger partial charge in [0.15, 0.2) is 0 Å². The molecule has 0 bridgehead atoms. The molecule has 0 aromatic heterocycles. The summed E-state index contributed by atoms with van der Waals surface area (Å²) in [6.07, 6.45) is 0.833. The minimum atomic E-state index is -0.00609. The van der Waals surface area contributed by atoms with E-state index in [0.717, 1.165) is 22.1 Å². The Kier molecular flexibility index (Phi) is 6.75. The molecule has 1 rings (SSSR count). The van der Waals surface area contributed by atoms with E-state index in [4.69, 9.17) is 4.74 Å². The van der Waals surface area contributed by atoms with E-state index < -0.39 is 0 Å². The number of aryl methyl sites for hydroxylation is 1. The summed E-state index contributed by atoms with van der Waals surface area (Å²) in [4.78, 5) is 11.5. The van der Waals surface area contributed by atoms with Gasteiger partial charge < -0.3 is 15.4 Å². The van der Waals surface area contributed by atoms with Gasteiger partial charge in [0, 0.05) is 30.4 Å². The predicted molar refractivity (Wildman–Crippen MR) is 76.9 cm³/mol. The highest BCUT2D eigenvalue weighted by Gasteiger charge is 2.02. The number of carbonyl (C=O) groups is 1. The first-order valence-electron chi connectivity index (χ1n) is 5.89. The van der Waals surface area contributed by atoms with Gasteiger partial charge in [-0.2, -0.15) is 0 Å². The second-order valence-electron chi connectivity index (χ2n) is 4.01. The van der Waals surface area contributed by atoms with Gasteiger partial charge in [-0.1, -0.05) is 15.9 Å². The number of anilines is 1. The summed E-state index contributed by atoms with van der Waals surface area (Å²) in [5.41, 5.74) is 2.08. The Balaban J connectivity index is 2.29. The zero-order valence-electron chi connectivity index (χ0n) is 10.8. The van der Waals surface area contributed by atoms with Gasteiger partial charge in [-0.15, -0.1) is 0 Å². The molecular formula is C13H19BrN2O2. The molecule has 18 heavy (non-hydrogen) atoms. The summed E-state index contributed by atoms with van der Waals surface area (Å²) in [7, 11) is 1.65. The number of hydrogen-bond donors (Lipinski definition) is 2. The second kappa shape index (κ2) is 8.11. The lowest BCUT2D eigenvalue weighted by Crippen LogP contribution is -2.31. The van der Waals surface area contributed by atoms with E-state index in [1.807, 2.05) is 25.1 Å². The van der Waals surface area contributed by atoms with Crippen molar-refractivity contribution in [3.63, 3.8) is 0 Å². The molecule has 4 nitrogen and oxygen atoms in total. The molecule has 0 unspecified atom stereocenters. The number of methoxy groups -OCH3 is 1. The van der Waals surface area contributed by atoms with E-state index in [-0.39, 0.29) is 12.5 Å². The third-order valence-corrected chi connectivity index (χ3v) is 2.97. The number of rotatable bonds is 7. The van der Waals surface area contributed by atoms with Crippen LogP contribution in [0.25, 0.3) is 0 Å². The van der Waals surface area contributed by atoms with Gasteiger partial charge >= 0.3 is 0 Å². The molecule has 1 aromatic carbocycles. The zero-order valence-corrected chi connectivity index (χ0v) is 12.3. The van der Waals surface area contributed by atoms with Crippen molar-refractivity contribution in [2.75, 3.05) is 32.1 Å². The minimum Gasteiger partial charge on any atom is -0.385 e. The fourth-order valence-corrected chi connectivity index (χ4v) is 1.98. The van der Waals surface area contributed by atoms with Crippen LogP contribution in [0.5, 0.6) is 0 Å². The van der Waals surface area contributed by atoms with Gasteiger partial charge in [-0.3, -0.25) is 4.79 Å². The van der Waals surface area contributed by atoms with Gasteiger partial charge in [0.2, 0.25) is 5.91 Å². The van der Waals surface area contributed by atoms with Crippen LogP contribution in [-0.2, 0) is 9.53 Å². The number of carbonyl (C=O) groups excluding carboxylic acids is 1. The van der Waals surface area contributed by atoms with Crippen LogP contribution < -0.4 is 10.6 Å². The Morgan fingerprint density at radius 3 is 2.89 bits per heavy atom. The van der Waals surface area contributed by atoms with E-state index in [1.165, 1.54) is 0 Å². The van der Waals surface area contributed by atoms with Crippen LogP contribution in [0.3, 0.4) is 0 Å². The molecule has 0 saturated heterocycles. The van der Waals surface area contributed by atoms with Gasteiger partial charge in [0.1, 0.15) is 0 Å². The molecule has 100 valence electrons. The maximum atomic E-state index is 11.5. The van der Waals surface area contributed by atoms with E-state index >= 15 is 0 Å². The summed E-state index contributed by atoms with van der Waals surface area (Å²) in [6.45, 7) is 3.60. The first-order chi connectivity index (χ1) is 8.63. The summed E-state index contributed by atoms with van der Waals surface area (Å²) < 4.78 is 5.95. The number of ether oxygens (including phenoxy) is 1. The number of nitrogens with one attached hydrogen (secondary N) is 2. The fraction of sp³-hybridized carbons (Fsp3) is 0.462. The molecule has 0 aliphatic heterocycles. The Bertz CT molecular complexity index is 397. The molecule has 0 aliphatic carbocycles. The van der Waals surface area contributed by atoms with Crippen LogP contribution in [0, 0.1) is 6.92 Å². The van der Waals surface area contributed by atoms with Crippen molar-refractivity contribution in [2.24, 2.45) is 0 Å². The highest BCUT2D eigenvalue weighted by Crippen LogP contribution is 2.19. The average Bonchev–Trinajstić information content (AvgIpc) is 2.33. The third-order valence-electron chi connectivity index (χ3n) is 2.48. The minimum absolute atomic E-state index is 0.00609. The van der Waals surface area contributed by atoms with Crippen molar-refractivity contribution in [1.82, 2.24) is 5.32 Å². The Hall–Kier alpha value is -1.07. The number of benzene rings is 1. The van der Waals surface area contributed by atoms with Gasteiger partial charge in [0.25, 0.3) is 0 Å². The number of amides is 1. The third kappa shape index (κ3) is 5.51. The van der Waals surface area contributed by atoms with Crippen LogP contribution in [0.4, 0.5) is 5.69 Å². The molecule has 0 aliphatic rings. The van der Waals surface area contributed by atoms with Crippen LogP contribution >= 0.6 is 15.9 Å². The quantitative estimate of drug-likeness (QED) is 0.759. The maximum absolute atomic E-state index is 11.5. The fourth-order valence-electron chi connectivity index (χ4n) is 1.51. The first-order valence-corrected chi connectivity index (χ1v) is 6.68. The molecule has 0 radical (unpaired) electrons. The topological polar surface area (TPSA) is 50.4 Å². The largest absolute Gasteiger partial charge is 0.385 e. The van der Waals surface area contributed by atoms with E-state index in [0.29, 0.717) is 13.2 Å². The summed E-state index contributed by atoms with van der Waals surface area (Å²) >= 11 is 3.41. The van der Waals surface area contributed by atoms with Crippen molar-refractivity contribution in [3.8, 4) is 0 Å². The Labute approximate surface area is 116 Å². The standard InChI is InChI=1S/C13H19BrN2O2/c1-10-8-11(14)4-5-12(10)16-9-13(17)15-6-3-7-18-2/h4-5,8,16H,3,6-7,9H2,1-2H3,(H,15,17). The second-order valence-corrected chi connectivity index (χ2v) is 4.92. The molecule has 1 aromatic rings. The van der Waals surface area contributed by atoms with Gasteiger partial charge in [0.05, 0.1) is 6.54 Å². The lowest BCUT2D eigenvalue weighted by molar-refractivity contribution is -0.119. The molecule has 1 amide bonds. The average molecular weight is 315 g/mol. The first kappa shape index (κ1) is 15.0. The summed E-state index contributed by atoms with van der Waals surface area (Å²) in [5, 5.41) is 5.94. The van der Waals surface area contributed by atoms with Crippen molar-refractivity contribution in [2.45, 2.75) is 13.3 Å². The maximum Gasteiger partial charge on any atom is 0.239 e. The molecule has 0 saturated carbocycles.